The van der Waals surface area contributed by atoms with E-state index in [2.05, 4.69) is 4.98 Å². The summed E-state index contributed by atoms with van der Waals surface area (Å²) in [7, 11) is 0. The molecule has 1 heterocycles. The summed E-state index contributed by atoms with van der Waals surface area (Å²) >= 11 is 0. The average molecular weight is 209 g/mol. The van der Waals surface area contributed by atoms with E-state index in [4.69, 9.17) is 5.11 Å². The lowest BCUT2D eigenvalue weighted by Crippen LogP contribution is -2.00. The van der Waals surface area contributed by atoms with Gasteiger partial charge in [-0.15, -0.1) is 0 Å². The lowest BCUT2D eigenvalue weighted by molar-refractivity contribution is 0.0699. The molecular formula is C10H5F2NO2. The molecule has 1 aromatic heterocycles. The number of carboxylic acids is 1. The number of nitrogens with zero attached hydrogens (tertiary/aromatic N) is 1. The molecule has 1 aromatic carbocycles. The molecule has 3 nitrogen and oxygen atoms in total. The minimum atomic E-state index is -1.20. The number of benzene rings is 1. The van der Waals surface area contributed by atoms with Crippen LogP contribution in [0, 0.1) is 11.6 Å². The molecule has 2 rings (SSSR count). The van der Waals surface area contributed by atoms with Crippen molar-refractivity contribution in [2.24, 2.45) is 0 Å². The van der Waals surface area contributed by atoms with Crippen molar-refractivity contribution in [3.8, 4) is 0 Å². The Morgan fingerprint density at radius 2 is 2.00 bits per heavy atom. The first kappa shape index (κ1) is 9.51. The Hall–Kier alpha value is -2.04. The molecule has 0 saturated carbocycles. The van der Waals surface area contributed by atoms with Crippen LogP contribution in [0.3, 0.4) is 0 Å². The second-order valence-corrected chi connectivity index (χ2v) is 2.92. The van der Waals surface area contributed by atoms with Gasteiger partial charge >= 0.3 is 5.97 Å². The summed E-state index contributed by atoms with van der Waals surface area (Å²) < 4.78 is 26.0. The summed E-state index contributed by atoms with van der Waals surface area (Å²) in [4.78, 5) is 14.4. The zero-order valence-corrected chi connectivity index (χ0v) is 7.37. The van der Waals surface area contributed by atoms with E-state index in [9.17, 15) is 13.6 Å². The maximum absolute atomic E-state index is 13.2. The van der Waals surface area contributed by atoms with Crippen molar-refractivity contribution in [3.63, 3.8) is 0 Å². The quantitative estimate of drug-likeness (QED) is 0.783. The molecule has 0 bridgehead atoms. The van der Waals surface area contributed by atoms with Gasteiger partial charge in [-0.05, 0) is 18.2 Å². The van der Waals surface area contributed by atoms with E-state index >= 15 is 0 Å². The maximum atomic E-state index is 13.2. The fourth-order valence-corrected chi connectivity index (χ4v) is 1.35. The zero-order chi connectivity index (χ0) is 11.0. The van der Waals surface area contributed by atoms with Gasteiger partial charge in [-0.1, -0.05) is 0 Å². The number of hydrogen-bond donors (Lipinski definition) is 1. The number of carbonyl (C=O) groups is 1. The number of rotatable bonds is 1. The fourth-order valence-electron chi connectivity index (χ4n) is 1.35. The van der Waals surface area contributed by atoms with Crippen LogP contribution in [0.2, 0.25) is 0 Å². The lowest BCUT2D eigenvalue weighted by Gasteiger charge is -2.02. The van der Waals surface area contributed by atoms with E-state index in [1.54, 1.807) is 0 Å². The number of aromatic nitrogens is 1. The van der Waals surface area contributed by atoms with Crippen LogP contribution < -0.4 is 0 Å². The van der Waals surface area contributed by atoms with E-state index < -0.39 is 17.6 Å². The summed E-state index contributed by atoms with van der Waals surface area (Å²) in [6, 6.07) is 3.32. The Bertz CT molecular complexity index is 554. The van der Waals surface area contributed by atoms with Gasteiger partial charge in [0.05, 0.1) is 5.56 Å². The van der Waals surface area contributed by atoms with E-state index in [0.717, 1.165) is 12.3 Å². The first-order valence-electron chi connectivity index (χ1n) is 4.07. The van der Waals surface area contributed by atoms with Crippen LogP contribution in [0.4, 0.5) is 8.78 Å². The Balaban J connectivity index is 2.89. The third-order valence-electron chi connectivity index (χ3n) is 2.03. The van der Waals surface area contributed by atoms with E-state index in [-0.39, 0.29) is 16.5 Å². The molecule has 5 heteroatoms. The molecule has 76 valence electrons. The molecule has 1 N–H and O–H groups in total. The molecule has 2 aromatic rings. The SMILES string of the molecule is O=C(O)c1ccnc2c(F)c(F)ccc12. The maximum Gasteiger partial charge on any atom is 0.336 e. The molecule has 0 spiro atoms. The number of carboxylic acid groups (broad SMARTS) is 1. The van der Waals surface area contributed by atoms with Crippen LogP contribution >= 0.6 is 0 Å². The summed E-state index contributed by atoms with van der Waals surface area (Å²) in [5, 5.41) is 8.89. The number of fused-ring (bicyclic) bond motifs is 1. The highest BCUT2D eigenvalue weighted by Gasteiger charge is 2.13. The van der Waals surface area contributed by atoms with Crippen molar-refractivity contribution in [3.05, 3.63) is 41.6 Å². The average Bonchev–Trinajstić information content (AvgIpc) is 2.23. The monoisotopic (exact) mass is 209 g/mol. The van der Waals surface area contributed by atoms with E-state index in [1.807, 2.05) is 0 Å². The minimum Gasteiger partial charge on any atom is -0.478 e. The van der Waals surface area contributed by atoms with Crippen molar-refractivity contribution < 1.29 is 18.7 Å². The molecular weight excluding hydrogens is 204 g/mol. The Morgan fingerprint density at radius 1 is 1.27 bits per heavy atom. The fraction of sp³-hybridized carbons (Fsp3) is 0. The largest absolute Gasteiger partial charge is 0.478 e. The predicted molar refractivity (Wildman–Crippen MR) is 48.6 cm³/mol. The van der Waals surface area contributed by atoms with Gasteiger partial charge in [0.25, 0.3) is 0 Å². The standard InChI is InChI=1S/C10H5F2NO2/c11-7-2-1-5-6(10(14)15)3-4-13-9(5)8(7)12/h1-4H,(H,14,15). The van der Waals surface area contributed by atoms with Gasteiger partial charge in [-0.2, -0.15) is 0 Å². The van der Waals surface area contributed by atoms with Crippen molar-refractivity contribution in [1.82, 2.24) is 4.98 Å². The first-order valence-corrected chi connectivity index (χ1v) is 4.07. The van der Waals surface area contributed by atoms with Crippen LogP contribution in [0.1, 0.15) is 10.4 Å². The van der Waals surface area contributed by atoms with Crippen molar-refractivity contribution in [2.75, 3.05) is 0 Å². The normalized spacial score (nSPS) is 10.5. The number of aromatic carboxylic acids is 1. The van der Waals surface area contributed by atoms with Crippen LogP contribution in [-0.2, 0) is 0 Å². The smallest absolute Gasteiger partial charge is 0.336 e. The highest BCUT2D eigenvalue weighted by molar-refractivity contribution is 6.02. The molecule has 0 aliphatic carbocycles. The summed E-state index contributed by atoms with van der Waals surface area (Å²) in [6.45, 7) is 0. The van der Waals surface area contributed by atoms with Crippen LogP contribution in [0.25, 0.3) is 10.9 Å². The molecule has 0 saturated heterocycles. The van der Waals surface area contributed by atoms with Gasteiger partial charge in [0, 0.05) is 11.6 Å². The highest BCUT2D eigenvalue weighted by Crippen LogP contribution is 2.21. The van der Waals surface area contributed by atoms with Gasteiger partial charge < -0.3 is 5.11 Å². The Kier molecular flexibility index (Phi) is 2.07. The van der Waals surface area contributed by atoms with Crippen molar-refractivity contribution in [1.29, 1.82) is 0 Å². The van der Waals surface area contributed by atoms with Gasteiger partial charge in [-0.3, -0.25) is 4.98 Å². The van der Waals surface area contributed by atoms with Gasteiger partial charge in [-0.25, -0.2) is 13.6 Å². The third-order valence-corrected chi connectivity index (χ3v) is 2.03. The van der Waals surface area contributed by atoms with Crippen molar-refractivity contribution in [2.45, 2.75) is 0 Å². The summed E-state index contributed by atoms with van der Waals surface area (Å²) in [6.07, 6.45) is 1.13. The predicted octanol–water partition coefficient (Wildman–Crippen LogP) is 2.21. The van der Waals surface area contributed by atoms with E-state index in [0.29, 0.717) is 0 Å². The molecule has 0 amide bonds. The summed E-state index contributed by atoms with van der Waals surface area (Å²) in [5.74, 6) is -3.37. The van der Waals surface area contributed by atoms with Crippen LogP contribution in [0.5, 0.6) is 0 Å². The molecule has 15 heavy (non-hydrogen) atoms. The second-order valence-electron chi connectivity index (χ2n) is 2.92. The third kappa shape index (κ3) is 1.41. The van der Waals surface area contributed by atoms with Crippen LogP contribution in [0.15, 0.2) is 24.4 Å². The minimum absolute atomic E-state index is 0.0869. The molecule has 0 atom stereocenters. The second kappa shape index (κ2) is 3.27. The first-order chi connectivity index (χ1) is 7.11. The number of pyridine rings is 1. The number of hydrogen-bond acceptors (Lipinski definition) is 2. The molecule has 0 fully saturated rings. The Labute approximate surface area is 83.0 Å². The topological polar surface area (TPSA) is 50.2 Å². The van der Waals surface area contributed by atoms with E-state index in [1.165, 1.54) is 12.1 Å². The van der Waals surface area contributed by atoms with Gasteiger partial charge in [0.2, 0.25) is 0 Å². The zero-order valence-electron chi connectivity index (χ0n) is 7.37. The molecule has 0 unspecified atom stereocenters. The summed E-state index contributed by atoms with van der Waals surface area (Å²) in [5.41, 5.74) is -0.367. The molecule has 0 radical (unpaired) electrons. The van der Waals surface area contributed by atoms with Gasteiger partial charge in [0.15, 0.2) is 11.6 Å². The van der Waals surface area contributed by atoms with Crippen LogP contribution in [-0.4, -0.2) is 16.1 Å². The van der Waals surface area contributed by atoms with Crippen molar-refractivity contribution >= 4 is 16.9 Å². The Morgan fingerprint density at radius 3 is 2.67 bits per heavy atom. The highest BCUT2D eigenvalue weighted by atomic mass is 19.2. The van der Waals surface area contributed by atoms with Gasteiger partial charge in [0.1, 0.15) is 5.52 Å². The lowest BCUT2D eigenvalue weighted by atomic mass is 10.1. The molecule has 0 aliphatic rings. The molecule has 0 aliphatic heterocycles. The number of halogens is 2.